The van der Waals surface area contributed by atoms with Crippen LogP contribution in [-0.2, 0) is 57.2 Å². The summed E-state index contributed by atoms with van der Waals surface area (Å²) in [6, 6.07) is 0.363. The highest BCUT2D eigenvalue weighted by molar-refractivity contribution is 5.72. The third-order valence-electron chi connectivity index (χ3n) is 20.4. The summed E-state index contributed by atoms with van der Waals surface area (Å²) in [5.41, 5.74) is 0. The summed E-state index contributed by atoms with van der Waals surface area (Å²) in [5, 5.41) is 0. The minimum absolute atomic E-state index is 0.140. The highest BCUT2D eigenvalue weighted by atomic mass is 16.6. The van der Waals surface area contributed by atoms with E-state index in [4.69, 9.17) is 28.4 Å². The van der Waals surface area contributed by atoms with E-state index in [1.54, 1.807) is 0 Å². The van der Waals surface area contributed by atoms with Gasteiger partial charge in [0.05, 0.1) is 65.0 Å². The number of unbranched alkanes of at least 4 members (excludes halogenated alkanes) is 44. The fourth-order valence-corrected chi connectivity index (χ4v) is 13.6. The lowest BCUT2D eigenvalue weighted by atomic mass is 10.1. The molecule has 1 aliphatic heterocycles. The van der Waals surface area contributed by atoms with Gasteiger partial charge in [0.15, 0.2) is 0 Å². The fourth-order valence-electron chi connectivity index (χ4n) is 13.6. The molecule has 0 aromatic rings. The van der Waals surface area contributed by atoms with Crippen molar-refractivity contribution >= 4 is 35.8 Å². The zero-order valence-corrected chi connectivity index (χ0v) is 66.3. The molecule has 1 aliphatic rings. The van der Waals surface area contributed by atoms with Crippen LogP contribution in [0, 0.1) is 0 Å². The van der Waals surface area contributed by atoms with Crippen LogP contribution in [0.2, 0.25) is 0 Å². The zero-order chi connectivity index (χ0) is 72.7. The molecule has 0 aliphatic carbocycles. The van der Waals surface area contributed by atoms with E-state index in [9.17, 15) is 28.8 Å². The van der Waals surface area contributed by atoms with Gasteiger partial charge in [-0.25, -0.2) is 0 Å². The SMILES string of the molecule is CCCCCCCCCCCCCCOC(=O)CCN(CCC(=O)OCCCCCCCCCCCCCC)CCC(=O)OCCN1CC(C)N(CCOC(=O)CCN(CCC(=O)OCCCCCCCCCCCCCC)CCC(=O)OCCCCCCCCCCCCCC)CC1C. The average molecular weight is 1420 g/mol. The number of carbonyl (C=O) groups is 6. The van der Waals surface area contributed by atoms with Crippen molar-refractivity contribution in [3.8, 4) is 0 Å². The first-order valence-corrected chi connectivity index (χ1v) is 42.8. The van der Waals surface area contributed by atoms with E-state index in [1.807, 2.05) is 9.80 Å². The minimum Gasteiger partial charge on any atom is -0.466 e. The first-order chi connectivity index (χ1) is 48.9. The van der Waals surface area contributed by atoms with Crippen LogP contribution >= 0.6 is 0 Å². The fraction of sp³-hybridized carbons (Fsp3) is 0.929. The first-order valence-electron chi connectivity index (χ1n) is 42.8. The van der Waals surface area contributed by atoms with E-state index < -0.39 is 0 Å². The molecule has 0 aromatic heterocycles. The Morgan fingerprint density at radius 1 is 0.240 bits per heavy atom. The van der Waals surface area contributed by atoms with Gasteiger partial charge in [-0.05, 0) is 39.5 Å². The summed E-state index contributed by atoms with van der Waals surface area (Å²) in [7, 11) is 0. The molecule has 1 fully saturated rings. The van der Waals surface area contributed by atoms with Crippen LogP contribution in [0.5, 0.6) is 0 Å². The molecular formula is C84H160N4O12. The van der Waals surface area contributed by atoms with Crippen LogP contribution in [-0.4, -0.2) is 173 Å². The Labute approximate surface area is 615 Å². The molecule has 1 rings (SSSR count). The molecule has 2 atom stereocenters. The molecule has 588 valence electrons. The molecule has 0 N–H and O–H groups in total. The van der Waals surface area contributed by atoms with Crippen LogP contribution in [0.4, 0.5) is 0 Å². The molecule has 2 unspecified atom stereocenters. The van der Waals surface area contributed by atoms with Gasteiger partial charge in [-0.1, -0.05) is 310 Å². The largest absolute Gasteiger partial charge is 0.466 e. The van der Waals surface area contributed by atoms with Crippen molar-refractivity contribution in [3.05, 3.63) is 0 Å². The molecule has 0 amide bonds. The number of piperazine rings is 1. The summed E-state index contributed by atoms with van der Waals surface area (Å²) in [5.74, 6) is -1.66. The van der Waals surface area contributed by atoms with Crippen LogP contribution in [0.25, 0.3) is 0 Å². The predicted octanol–water partition coefficient (Wildman–Crippen LogP) is 20.4. The summed E-state index contributed by atoms with van der Waals surface area (Å²) in [4.78, 5) is 86.6. The van der Waals surface area contributed by atoms with Crippen LogP contribution in [0.15, 0.2) is 0 Å². The predicted molar refractivity (Wildman–Crippen MR) is 413 cm³/mol. The number of hydrogen-bond acceptors (Lipinski definition) is 16. The standard InChI is InChI=1S/C84H160N4O12/c1-7-11-15-19-23-27-31-35-39-43-47-51-69-95-79(89)55-61-85(62-56-80(90)96-70-52-48-44-40-36-32-28-24-20-16-12-8-2)65-59-83(93)99-73-67-87-75-78(6)88(76-77(87)5)68-74-100-84(94)60-66-86(63-57-81(91)97-71-53-49-45-41-37-33-29-25-21-17-13-9-3)64-58-82(92)98-72-54-50-46-42-38-34-30-26-22-18-14-10-4/h77-78H,7-76H2,1-6H3. The number of nitrogens with zero attached hydrogens (tertiary/aromatic N) is 4. The zero-order valence-electron chi connectivity index (χ0n) is 66.3. The summed E-state index contributed by atoms with van der Waals surface area (Å²) in [6.07, 6.45) is 60.8. The average Bonchev–Trinajstić information content (AvgIpc) is 0.851. The van der Waals surface area contributed by atoms with Crippen LogP contribution in [0.3, 0.4) is 0 Å². The van der Waals surface area contributed by atoms with Crippen molar-refractivity contribution in [3.63, 3.8) is 0 Å². The second-order valence-corrected chi connectivity index (χ2v) is 29.8. The van der Waals surface area contributed by atoms with Gasteiger partial charge >= 0.3 is 35.8 Å². The lowest BCUT2D eigenvalue weighted by Crippen LogP contribution is -2.57. The molecule has 16 heteroatoms. The van der Waals surface area contributed by atoms with E-state index in [0.717, 1.165) is 90.1 Å². The molecule has 0 spiro atoms. The second kappa shape index (κ2) is 72.6. The monoisotopic (exact) mass is 1420 g/mol. The number of ether oxygens (including phenoxy) is 6. The Balaban J connectivity index is 2.61. The highest BCUT2D eigenvalue weighted by Gasteiger charge is 2.29. The maximum absolute atomic E-state index is 13.2. The van der Waals surface area contributed by atoms with Crippen molar-refractivity contribution in [2.24, 2.45) is 0 Å². The molecule has 1 heterocycles. The topological polar surface area (TPSA) is 171 Å². The van der Waals surface area contributed by atoms with Crippen molar-refractivity contribution < 1.29 is 57.2 Å². The first kappa shape index (κ1) is 94.7. The van der Waals surface area contributed by atoms with Crippen molar-refractivity contribution in [2.45, 2.75) is 400 Å². The molecule has 0 saturated carbocycles. The molecule has 0 radical (unpaired) electrons. The molecule has 1 saturated heterocycles. The number of esters is 6. The van der Waals surface area contributed by atoms with Crippen LogP contribution in [0.1, 0.15) is 388 Å². The van der Waals surface area contributed by atoms with Crippen molar-refractivity contribution in [2.75, 3.05) is 105 Å². The maximum atomic E-state index is 13.2. The third kappa shape index (κ3) is 63.2. The van der Waals surface area contributed by atoms with Gasteiger partial charge in [-0.3, -0.25) is 38.6 Å². The highest BCUT2D eigenvalue weighted by Crippen LogP contribution is 2.19. The number of carbonyl (C=O) groups excluding carboxylic acids is 6. The van der Waals surface area contributed by atoms with E-state index >= 15 is 0 Å². The molecule has 100 heavy (non-hydrogen) atoms. The molecule has 0 bridgehead atoms. The number of rotatable bonds is 76. The van der Waals surface area contributed by atoms with Crippen molar-refractivity contribution in [1.82, 2.24) is 19.6 Å². The van der Waals surface area contributed by atoms with Gasteiger partial charge in [0.1, 0.15) is 13.2 Å². The van der Waals surface area contributed by atoms with Gasteiger partial charge in [0, 0.05) is 77.5 Å². The van der Waals surface area contributed by atoms with Crippen LogP contribution < -0.4 is 0 Å². The lowest BCUT2D eigenvalue weighted by molar-refractivity contribution is -0.147. The van der Waals surface area contributed by atoms with Gasteiger partial charge in [-0.15, -0.1) is 0 Å². The van der Waals surface area contributed by atoms with E-state index in [0.29, 0.717) is 78.8 Å². The molecule has 16 nitrogen and oxygen atoms in total. The van der Waals surface area contributed by atoms with Gasteiger partial charge in [-0.2, -0.15) is 0 Å². The van der Waals surface area contributed by atoms with E-state index in [-0.39, 0.29) is 99.6 Å². The third-order valence-corrected chi connectivity index (χ3v) is 20.4. The summed E-state index contributed by atoms with van der Waals surface area (Å²) >= 11 is 0. The van der Waals surface area contributed by atoms with Gasteiger partial charge in [0.2, 0.25) is 0 Å². The van der Waals surface area contributed by atoms with Gasteiger partial charge in [0.25, 0.3) is 0 Å². The quantitative estimate of drug-likeness (QED) is 0.0320. The Morgan fingerprint density at radius 3 is 0.560 bits per heavy atom. The normalized spacial score (nSPS) is 14.3. The second-order valence-electron chi connectivity index (χ2n) is 29.8. The minimum atomic E-state index is -0.316. The Morgan fingerprint density at radius 2 is 0.390 bits per heavy atom. The van der Waals surface area contributed by atoms with Gasteiger partial charge < -0.3 is 38.2 Å². The maximum Gasteiger partial charge on any atom is 0.307 e. The Hall–Kier alpha value is -3.34. The lowest BCUT2D eigenvalue weighted by Gasteiger charge is -2.44. The smallest absolute Gasteiger partial charge is 0.307 e. The van der Waals surface area contributed by atoms with Crippen molar-refractivity contribution in [1.29, 1.82) is 0 Å². The Bertz CT molecular complexity index is 1660. The summed E-state index contributed by atoms with van der Waals surface area (Å²) in [6.45, 7) is 20.5. The van der Waals surface area contributed by atoms with E-state index in [2.05, 4.69) is 51.3 Å². The molecular weight excluding hydrogens is 1260 g/mol. The summed E-state index contributed by atoms with van der Waals surface area (Å²) < 4.78 is 34.1. The van der Waals surface area contributed by atoms with E-state index in [1.165, 1.54) is 231 Å². The molecule has 0 aromatic carbocycles. The Kier molecular flexibility index (Phi) is 68.7. The number of hydrogen-bond donors (Lipinski definition) is 0.